The number of carbonyl (C=O) groups is 2. The lowest BCUT2D eigenvalue weighted by atomic mass is 10.2. The molecule has 0 bridgehead atoms. The molecule has 0 saturated carbocycles. The highest BCUT2D eigenvalue weighted by atomic mass is 16.5. The number of nitrogens with zero attached hydrogens (tertiary/aromatic N) is 1. The molecule has 2 amide bonds. The van der Waals surface area contributed by atoms with Crippen LogP contribution >= 0.6 is 0 Å². The summed E-state index contributed by atoms with van der Waals surface area (Å²) in [5.74, 6) is -0.0988. The van der Waals surface area contributed by atoms with Crippen LogP contribution in [0, 0.1) is 6.92 Å². The Morgan fingerprint density at radius 3 is 2.70 bits per heavy atom. The minimum Gasteiger partial charge on any atom is -0.454 e. The number of hydrogen-bond acceptors (Lipinski definition) is 5. The van der Waals surface area contributed by atoms with Gasteiger partial charge in [-0.1, -0.05) is 17.3 Å². The summed E-state index contributed by atoms with van der Waals surface area (Å²) in [4.78, 5) is 24.0. The van der Waals surface area contributed by atoms with E-state index in [2.05, 4.69) is 15.8 Å². The number of urea groups is 1. The van der Waals surface area contributed by atoms with Crippen molar-refractivity contribution in [3.63, 3.8) is 0 Å². The Labute approximate surface area is 134 Å². The summed E-state index contributed by atoms with van der Waals surface area (Å²) in [6, 6.07) is 7.93. The second kappa shape index (κ2) is 7.44. The van der Waals surface area contributed by atoms with Gasteiger partial charge in [0.1, 0.15) is 0 Å². The monoisotopic (exact) mass is 317 g/mol. The van der Waals surface area contributed by atoms with Crippen molar-refractivity contribution in [1.29, 1.82) is 0 Å². The van der Waals surface area contributed by atoms with E-state index in [4.69, 9.17) is 9.26 Å². The van der Waals surface area contributed by atoms with Gasteiger partial charge < -0.3 is 19.9 Å². The number of benzene rings is 1. The van der Waals surface area contributed by atoms with Gasteiger partial charge in [0.25, 0.3) is 0 Å². The average molecular weight is 317 g/mol. The minimum absolute atomic E-state index is 0.0104. The number of aromatic nitrogens is 1. The molecule has 1 aromatic carbocycles. The molecular formula is C16H19N3O4. The van der Waals surface area contributed by atoms with E-state index in [-0.39, 0.29) is 24.2 Å². The highest BCUT2D eigenvalue weighted by molar-refractivity contribution is 6.00. The molecule has 0 spiro atoms. The molecule has 7 heteroatoms. The number of amides is 2. The summed E-state index contributed by atoms with van der Waals surface area (Å²) in [7, 11) is 0. The number of carbonyl (C=O) groups excluding carboxylic acids is 2. The number of hydrogen-bond donors (Lipinski definition) is 2. The van der Waals surface area contributed by atoms with Crippen LogP contribution in [0.25, 0.3) is 0 Å². The van der Waals surface area contributed by atoms with Gasteiger partial charge in [0.2, 0.25) is 0 Å². The Morgan fingerprint density at radius 1 is 1.30 bits per heavy atom. The smallest absolute Gasteiger partial charge is 0.340 e. The zero-order chi connectivity index (χ0) is 16.8. The number of para-hydroxylation sites is 1. The van der Waals surface area contributed by atoms with E-state index in [1.165, 1.54) is 0 Å². The number of anilines is 1. The lowest BCUT2D eigenvalue weighted by molar-refractivity contribution is 0.0438. The second-order valence-electron chi connectivity index (χ2n) is 5.31. The molecule has 1 aromatic heterocycles. The Kier molecular flexibility index (Phi) is 5.35. The van der Waals surface area contributed by atoms with Crippen LogP contribution in [0.5, 0.6) is 0 Å². The topological polar surface area (TPSA) is 93.5 Å². The third-order valence-electron chi connectivity index (χ3n) is 2.84. The first-order valence-electron chi connectivity index (χ1n) is 7.21. The van der Waals surface area contributed by atoms with Crippen LogP contribution < -0.4 is 10.6 Å². The third-order valence-corrected chi connectivity index (χ3v) is 2.84. The molecule has 0 unspecified atom stereocenters. The van der Waals surface area contributed by atoms with E-state index < -0.39 is 5.97 Å². The van der Waals surface area contributed by atoms with Crippen LogP contribution in [0.2, 0.25) is 0 Å². The summed E-state index contributed by atoms with van der Waals surface area (Å²) in [5.41, 5.74) is 1.36. The maximum atomic E-state index is 12.2. The molecule has 0 aliphatic heterocycles. The summed E-state index contributed by atoms with van der Waals surface area (Å²) >= 11 is 0. The van der Waals surface area contributed by atoms with Crippen molar-refractivity contribution < 1.29 is 18.8 Å². The lowest BCUT2D eigenvalue weighted by Crippen LogP contribution is -2.34. The molecule has 2 aromatic rings. The maximum absolute atomic E-state index is 12.2. The summed E-state index contributed by atoms with van der Waals surface area (Å²) < 4.78 is 10.2. The fourth-order valence-corrected chi connectivity index (χ4v) is 1.89. The molecule has 23 heavy (non-hydrogen) atoms. The molecule has 0 fully saturated rings. The van der Waals surface area contributed by atoms with Gasteiger partial charge in [0.05, 0.1) is 16.9 Å². The summed E-state index contributed by atoms with van der Waals surface area (Å²) in [6.45, 7) is 5.45. The largest absolute Gasteiger partial charge is 0.454 e. The van der Waals surface area contributed by atoms with E-state index in [9.17, 15) is 9.59 Å². The zero-order valence-corrected chi connectivity index (χ0v) is 13.3. The molecule has 0 saturated heterocycles. The Balaban J connectivity index is 2.03. The van der Waals surface area contributed by atoms with Gasteiger partial charge >= 0.3 is 12.0 Å². The number of nitrogens with one attached hydrogen (secondary N) is 2. The van der Waals surface area contributed by atoms with Crippen LogP contribution in [0.4, 0.5) is 10.5 Å². The van der Waals surface area contributed by atoms with Crippen molar-refractivity contribution in [2.24, 2.45) is 0 Å². The van der Waals surface area contributed by atoms with Gasteiger partial charge in [-0.2, -0.15) is 0 Å². The van der Waals surface area contributed by atoms with Gasteiger partial charge in [-0.15, -0.1) is 0 Å². The van der Waals surface area contributed by atoms with Crippen molar-refractivity contribution in [1.82, 2.24) is 10.5 Å². The normalized spacial score (nSPS) is 10.4. The molecular weight excluding hydrogens is 298 g/mol. The second-order valence-corrected chi connectivity index (χ2v) is 5.31. The van der Waals surface area contributed by atoms with Gasteiger partial charge in [-0.05, 0) is 32.9 Å². The number of rotatable bonds is 5. The predicted octanol–water partition coefficient (Wildman–Crippen LogP) is 2.87. The Hall–Kier alpha value is -2.83. The van der Waals surface area contributed by atoms with E-state index in [0.29, 0.717) is 17.1 Å². The van der Waals surface area contributed by atoms with Crippen molar-refractivity contribution >= 4 is 17.7 Å². The summed E-state index contributed by atoms with van der Waals surface area (Å²) in [5, 5.41) is 9.05. The summed E-state index contributed by atoms with van der Waals surface area (Å²) in [6.07, 6.45) is 0. The van der Waals surface area contributed by atoms with Crippen molar-refractivity contribution in [3.05, 3.63) is 47.3 Å². The van der Waals surface area contributed by atoms with Crippen molar-refractivity contribution in [3.8, 4) is 0 Å². The fourth-order valence-electron chi connectivity index (χ4n) is 1.89. The lowest BCUT2D eigenvalue weighted by Gasteiger charge is -2.12. The Morgan fingerprint density at radius 2 is 2.04 bits per heavy atom. The number of esters is 1. The third kappa shape index (κ3) is 4.84. The van der Waals surface area contributed by atoms with Crippen LogP contribution in [-0.2, 0) is 11.3 Å². The van der Waals surface area contributed by atoms with Crippen molar-refractivity contribution in [2.45, 2.75) is 33.4 Å². The highest BCUT2D eigenvalue weighted by Gasteiger charge is 2.15. The Bertz CT molecular complexity index is 694. The highest BCUT2D eigenvalue weighted by Crippen LogP contribution is 2.17. The molecule has 2 rings (SSSR count). The standard InChI is InChI=1S/C16H19N3O4/c1-10(2)17-16(21)18-14-7-5-4-6-13(14)15(20)22-9-12-8-11(3)19-23-12/h4-8,10H,9H2,1-3H3,(H2,17,18,21). The van der Waals surface area contributed by atoms with Crippen LogP contribution in [0.1, 0.15) is 35.7 Å². The first-order chi connectivity index (χ1) is 11.0. The fraction of sp³-hybridized carbons (Fsp3) is 0.312. The molecule has 7 nitrogen and oxygen atoms in total. The SMILES string of the molecule is Cc1cc(COC(=O)c2ccccc2NC(=O)NC(C)C)on1. The van der Waals surface area contributed by atoms with Crippen molar-refractivity contribution in [2.75, 3.05) is 5.32 Å². The van der Waals surface area contributed by atoms with E-state index in [0.717, 1.165) is 0 Å². The molecule has 0 aliphatic carbocycles. The molecule has 0 atom stereocenters. The first-order valence-corrected chi connectivity index (χ1v) is 7.21. The van der Waals surface area contributed by atoms with E-state index in [1.54, 1.807) is 37.3 Å². The van der Waals surface area contributed by atoms with Gasteiger partial charge in [0.15, 0.2) is 12.4 Å². The van der Waals surface area contributed by atoms with Gasteiger partial charge in [-0.25, -0.2) is 9.59 Å². The first kappa shape index (κ1) is 16.5. The van der Waals surface area contributed by atoms with Gasteiger partial charge in [-0.3, -0.25) is 0 Å². The molecule has 122 valence electrons. The van der Waals surface area contributed by atoms with Crippen LogP contribution in [-0.4, -0.2) is 23.2 Å². The quantitative estimate of drug-likeness (QED) is 0.827. The molecule has 0 aliphatic rings. The van der Waals surface area contributed by atoms with Gasteiger partial charge in [0, 0.05) is 12.1 Å². The number of ether oxygens (including phenoxy) is 1. The molecule has 2 N–H and O–H groups in total. The number of aryl methyl sites for hydroxylation is 1. The zero-order valence-electron chi connectivity index (χ0n) is 13.3. The van der Waals surface area contributed by atoms with E-state index in [1.807, 2.05) is 13.8 Å². The van der Waals surface area contributed by atoms with Crippen LogP contribution in [0.3, 0.4) is 0 Å². The predicted molar refractivity (Wildman–Crippen MR) is 84.1 cm³/mol. The van der Waals surface area contributed by atoms with E-state index >= 15 is 0 Å². The average Bonchev–Trinajstić information content (AvgIpc) is 2.90. The minimum atomic E-state index is -0.556. The van der Waals surface area contributed by atoms with Crippen LogP contribution in [0.15, 0.2) is 34.9 Å². The molecule has 1 heterocycles. The molecule has 0 radical (unpaired) electrons. The maximum Gasteiger partial charge on any atom is 0.340 e.